The SMILES string of the molecule is O=C(NCCc1nc(-c2ccco2)n[nH]1)C1CC1c1ccccc1. The average Bonchev–Trinajstić information content (AvgIpc) is 3.00. The van der Waals surface area contributed by atoms with E-state index in [0.29, 0.717) is 30.5 Å². The summed E-state index contributed by atoms with van der Waals surface area (Å²) in [5.74, 6) is 2.48. The zero-order chi connectivity index (χ0) is 16.4. The monoisotopic (exact) mass is 322 g/mol. The van der Waals surface area contributed by atoms with Crippen molar-refractivity contribution in [2.24, 2.45) is 5.92 Å². The number of nitrogens with one attached hydrogen (secondary N) is 2. The van der Waals surface area contributed by atoms with Gasteiger partial charge < -0.3 is 9.73 Å². The molecule has 2 N–H and O–H groups in total. The van der Waals surface area contributed by atoms with Crippen molar-refractivity contribution in [1.29, 1.82) is 0 Å². The lowest BCUT2D eigenvalue weighted by molar-refractivity contribution is -0.122. The normalized spacial score (nSPS) is 19.2. The van der Waals surface area contributed by atoms with Crippen LogP contribution in [0.4, 0.5) is 0 Å². The third kappa shape index (κ3) is 3.08. The number of hydrogen-bond donors (Lipinski definition) is 2. The van der Waals surface area contributed by atoms with Gasteiger partial charge in [0.05, 0.1) is 6.26 Å². The summed E-state index contributed by atoms with van der Waals surface area (Å²) in [6, 6.07) is 13.8. The highest BCUT2D eigenvalue weighted by molar-refractivity contribution is 5.82. The van der Waals surface area contributed by atoms with Gasteiger partial charge in [0.2, 0.25) is 11.7 Å². The molecule has 1 aliphatic carbocycles. The summed E-state index contributed by atoms with van der Waals surface area (Å²) in [4.78, 5) is 16.6. The zero-order valence-corrected chi connectivity index (χ0v) is 13.1. The molecule has 2 heterocycles. The first-order chi connectivity index (χ1) is 11.8. The van der Waals surface area contributed by atoms with E-state index in [1.165, 1.54) is 5.56 Å². The van der Waals surface area contributed by atoms with Gasteiger partial charge in [0, 0.05) is 18.9 Å². The Morgan fingerprint density at radius 3 is 2.92 bits per heavy atom. The van der Waals surface area contributed by atoms with Crippen LogP contribution in [0.3, 0.4) is 0 Å². The molecule has 3 aromatic rings. The summed E-state index contributed by atoms with van der Waals surface area (Å²) >= 11 is 0. The third-order valence-electron chi connectivity index (χ3n) is 4.29. The molecule has 1 aromatic carbocycles. The lowest BCUT2D eigenvalue weighted by Gasteiger charge is -2.03. The highest BCUT2D eigenvalue weighted by Crippen LogP contribution is 2.47. The fourth-order valence-electron chi connectivity index (χ4n) is 2.91. The predicted molar refractivity (Wildman–Crippen MR) is 88.1 cm³/mol. The van der Waals surface area contributed by atoms with E-state index in [4.69, 9.17) is 4.42 Å². The van der Waals surface area contributed by atoms with Crippen molar-refractivity contribution in [3.8, 4) is 11.6 Å². The Morgan fingerprint density at radius 2 is 2.12 bits per heavy atom. The quantitative estimate of drug-likeness (QED) is 0.730. The van der Waals surface area contributed by atoms with E-state index < -0.39 is 0 Å². The van der Waals surface area contributed by atoms with Crippen LogP contribution in [0, 0.1) is 5.92 Å². The topological polar surface area (TPSA) is 83.8 Å². The fraction of sp³-hybridized carbons (Fsp3) is 0.278. The molecule has 1 saturated carbocycles. The van der Waals surface area contributed by atoms with E-state index in [1.54, 1.807) is 12.3 Å². The van der Waals surface area contributed by atoms with Gasteiger partial charge in [0.1, 0.15) is 5.82 Å². The third-order valence-corrected chi connectivity index (χ3v) is 4.29. The molecule has 0 spiro atoms. The lowest BCUT2D eigenvalue weighted by Crippen LogP contribution is -2.27. The summed E-state index contributed by atoms with van der Waals surface area (Å²) in [6.07, 6.45) is 3.13. The molecular formula is C18H18N4O2. The number of nitrogens with zero attached hydrogens (tertiary/aromatic N) is 2. The van der Waals surface area contributed by atoms with E-state index >= 15 is 0 Å². The second kappa shape index (κ2) is 6.31. The van der Waals surface area contributed by atoms with Crippen molar-refractivity contribution in [3.63, 3.8) is 0 Å². The van der Waals surface area contributed by atoms with Gasteiger partial charge in [0.15, 0.2) is 5.76 Å². The molecule has 1 amide bonds. The standard InChI is InChI=1S/C18H18N4O2/c23-18(14-11-13(14)12-5-2-1-3-6-12)19-9-8-16-20-17(22-21-16)15-7-4-10-24-15/h1-7,10,13-14H,8-9,11H2,(H,19,23)(H,20,21,22). The van der Waals surface area contributed by atoms with Crippen LogP contribution in [-0.2, 0) is 11.2 Å². The summed E-state index contributed by atoms with van der Waals surface area (Å²) < 4.78 is 5.25. The van der Waals surface area contributed by atoms with Crippen molar-refractivity contribution in [2.75, 3.05) is 6.54 Å². The molecule has 1 fully saturated rings. The molecule has 24 heavy (non-hydrogen) atoms. The number of hydrogen-bond acceptors (Lipinski definition) is 4. The number of furan rings is 1. The maximum atomic E-state index is 12.2. The number of amides is 1. The van der Waals surface area contributed by atoms with Crippen molar-refractivity contribution in [2.45, 2.75) is 18.8 Å². The summed E-state index contributed by atoms with van der Waals surface area (Å²) in [6.45, 7) is 0.545. The van der Waals surface area contributed by atoms with Gasteiger partial charge in [0.25, 0.3) is 0 Å². The van der Waals surface area contributed by atoms with Gasteiger partial charge in [-0.15, -0.1) is 0 Å². The van der Waals surface area contributed by atoms with Crippen molar-refractivity contribution < 1.29 is 9.21 Å². The maximum Gasteiger partial charge on any atom is 0.223 e. The molecule has 4 rings (SSSR count). The van der Waals surface area contributed by atoms with Gasteiger partial charge in [-0.25, -0.2) is 4.98 Å². The van der Waals surface area contributed by atoms with Crippen LogP contribution in [-0.4, -0.2) is 27.6 Å². The Labute approximate surface area is 139 Å². The average molecular weight is 322 g/mol. The van der Waals surface area contributed by atoms with Gasteiger partial charge in [-0.3, -0.25) is 9.89 Å². The molecule has 2 unspecified atom stereocenters. The number of rotatable bonds is 6. The van der Waals surface area contributed by atoms with Crippen LogP contribution in [0.5, 0.6) is 0 Å². The highest BCUT2D eigenvalue weighted by Gasteiger charge is 2.43. The molecule has 1 aliphatic rings. The smallest absolute Gasteiger partial charge is 0.223 e. The minimum absolute atomic E-state index is 0.0980. The summed E-state index contributed by atoms with van der Waals surface area (Å²) in [7, 11) is 0. The highest BCUT2D eigenvalue weighted by atomic mass is 16.3. The Hall–Kier alpha value is -2.89. The molecule has 2 atom stereocenters. The second-order valence-corrected chi connectivity index (χ2v) is 5.98. The number of aromatic amines is 1. The predicted octanol–water partition coefficient (Wildman–Crippen LogP) is 2.53. The first-order valence-corrected chi connectivity index (χ1v) is 8.09. The van der Waals surface area contributed by atoms with Gasteiger partial charge >= 0.3 is 0 Å². The molecule has 6 nitrogen and oxygen atoms in total. The summed E-state index contributed by atoms with van der Waals surface area (Å²) in [5, 5.41) is 9.97. The van der Waals surface area contributed by atoms with Crippen LogP contribution in [0.15, 0.2) is 53.1 Å². The molecule has 0 aliphatic heterocycles. The van der Waals surface area contributed by atoms with Gasteiger partial charge in [-0.05, 0) is 30.0 Å². The van der Waals surface area contributed by atoms with E-state index in [0.717, 1.165) is 12.2 Å². The minimum Gasteiger partial charge on any atom is -0.461 e. The van der Waals surface area contributed by atoms with Crippen LogP contribution >= 0.6 is 0 Å². The second-order valence-electron chi connectivity index (χ2n) is 5.98. The Kier molecular flexibility index (Phi) is 3.86. The van der Waals surface area contributed by atoms with Crippen LogP contribution in [0.1, 0.15) is 23.7 Å². The van der Waals surface area contributed by atoms with Crippen LogP contribution < -0.4 is 5.32 Å². The number of carbonyl (C=O) groups excluding carboxylic acids is 1. The number of carbonyl (C=O) groups is 1. The number of aromatic nitrogens is 3. The molecule has 0 saturated heterocycles. The zero-order valence-electron chi connectivity index (χ0n) is 13.1. The van der Waals surface area contributed by atoms with Crippen molar-refractivity contribution in [3.05, 3.63) is 60.1 Å². The molecule has 6 heteroatoms. The fourth-order valence-corrected chi connectivity index (χ4v) is 2.91. The minimum atomic E-state index is 0.0980. The maximum absolute atomic E-state index is 12.2. The molecule has 122 valence electrons. The van der Waals surface area contributed by atoms with Crippen molar-refractivity contribution >= 4 is 5.91 Å². The van der Waals surface area contributed by atoms with Crippen molar-refractivity contribution in [1.82, 2.24) is 20.5 Å². The Morgan fingerprint density at radius 1 is 1.25 bits per heavy atom. The number of H-pyrrole nitrogens is 1. The van der Waals surface area contributed by atoms with E-state index in [1.807, 2.05) is 24.3 Å². The molecule has 2 aromatic heterocycles. The van der Waals surface area contributed by atoms with E-state index in [-0.39, 0.29) is 11.8 Å². The molecule has 0 bridgehead atoms. The number of benzene rings is 1. The largest absolute Gasteiger partial charge is 0.461 e. The molecule has 0 radical (unpaired) electrons. The van der Waals surface area contributed by atoms with Crippen LogP contribution in [0.25, 0.3) is 11.6 Å². The Balaban J connectivity index is 1.25. The van der Waals surface area contributed by atoms with E-state index in [2.05, 4.69) is 32.6 Å². The lowest BCUT2D eigenvalue weighted by atomic mass is 10.1. The van der Waals surface area contributed by atoms with Gasteiger partial charge in [-0.1, -0.05) is 30.3 Å². The Bertz CT molecular complexity index is 811. The first kappa shape index (κ1) is 14.7. The molecular weight excluding hydrogens is 304 g/mol. The summed E-state index contributed by atoms with van der Waals surface area (Å²) in [5.41, 5.74) is 1.25. The van der Waals surface area contributed by atoms with Gasteiger partial charge in [-0.2, -0.15) is 5.10 Å². The van der Waals surface area contributed by atoms with E-state index in [9.17, 15) is 4.79 Å². The van der Waals surface area contributed by atoms with Crippen LogP contribution in [0.2, 0.25) is 0 Å². The first-order valence-electron chi connectivity index (χ1n) is 8.09.